The Morgan fingerprint density at radius 2 is 1.81 bits per heavy atom. The van der Waals surface area contributed by atoms with Crippen LogP contribution in [0, 0.1) is 0 Å². The van der Waals surface area contributed by atoms with Crippen molar-refractivity contribution < 1.29 is 19.7 Å². The summed E-state index contributed by atoms with van der Waals surface area (Å²) >= 11 is 0. The van der Waals surface area contributed by atoms with Crippen LogP contribution < -0.4 is 10.2 Å². The van der Waals surface area contributed by atoms with Crippen LogP contribution in [0.1, 0.15) is 12.5 Å². The topological polar surface area (TPSA) is 91.2 Å². The molecule has 6 nitrogen and oxygen atoms in total. The maximum absolute atomic E-state index is 11.9. The van der Waals surface area contributed by atoms with Crippen LogP contribution in [0.2, 0.25) is 0 Å². The van der Waals surface area contributed by atoms with Crippen molar-refractivity contribution >= 4 is 22.4 Å². The van der Waals surface area contributed by atoms with Gasteiger partial charge in [-0.1, -0.05) is 30.3 Å². The SMILES string of the molecule is C/C(=N/NC(=O)COc1ccc2ccccc2c1)c1ccc(O)cc1O. The summed E-state index contributed by atoms with van der Waals surface area (Å²) < 4.78 is 5.49. The minimum Gasteiger partial charge on any atom is -0.508 e. The lowest BCUT2D eigenvalue weighted by molar-refractivity contribution is -0.123. The Hall–Kier alpha value is -3.54. The number of phenols is 2. The molecule has 0 aliphatic heterocycles. The largest absolute Gasteiger partial charge is 0.508 e. The normalized spacial score (nSPS) is 11.3. The van der Waals surface area contributed by atoms with Gasteiger partial charge in [-0.15, -0.1) is 0 Å². The van der Waals surface area contributed by atoms with Gasteiger partial charge in [0.05, 0.1) is 5.71 Å². The number of fused-ring (bicyclic) bond motifs is 1. The third kappa shape index (κ3) is 4.10. The number of carbonyl (C=O) groups is 1. The zero-order chi connectivity index (χ0) is 18.5. The summed E-state index contributed by atoms with van der Waals surface area (Å²) in [6.07, 6.45) is 0. The Morgan fingerprint density at radius 1 is 1.04 bits per heavy atom. The van der Waals surface area contributed by atoms with Crippen LogP contribution >= 0.6 is 0 Å². The van der Waals surface area contributed by atoms with Crippen LogP contribution in [0.25, 0.3) is 10.8 Å². The van der Waals surface area contributed by atoms with Gasteiger partial charge in [-0.2, -0.15) is 5.10 Å². The number of carbonyl (C=O) groups excluding carboxylic acids is 1. The first-order chi connectivity index (χ1) is 12.5. The van der Waals surface area contributed by atoms with Crippen LogP contribution in [0.4, 0.5) is 0 Å². The van der Waals surface area contributed by atoms with Gasteiger partial charge in [0.15, 0.2) is 6.61 Å². The molecule has 0 bridgehead atoms. The van der Waals surface area contributed by atoms with Crippen molar-refractivity contribution in [2.45, 2.75) is 6.92 Å². The van der Waals surface area contributed by atoms with E-state index in [1.54, 1.807) is 13.0 Å². The van der Waals surface area contributed by atoms with Gasteiger partial charge in [0.25, 0.3) is 5.91 Å². The predicted molar refractivity (Wildman–Crippen MR) is 99.6 cm³/mol. The average Bonchev–Trinajstić information content (AvgIpc) is 2.64. The molecule has 3 aromatic carbocycles. The Balaban J connectivity index is 1.59. The molecule has 3 rings (SSSR count). The molecule has 0 unspecified atom stereocenters. The number of amides is 1. The zero-order valence-electron chi connectivity index (χ0n) is 14.1. The monoisotopic (exact) mass is 350 g/mol. The number of hydrogen-bond acceptors (Lipinski definition) is 5. The standard InChI is InChI=1S/C20H18N2O4/c1-13(18-9-7-16(23)11-19(18)24)21-22-20(25)12-26-17-8-6-14-4-2-3-5-15(14)10-17/h2-11,23-24H,12H2,1H3,(H,22,25)/b21-13-. The Labute approximate surface area is 150 Å². The highest BCUT2D eigenvalue weighted by Crippen LogP contribution is 2.23. The van der Waals surface area contributed by atoms with Crippen LogP contribution in [0.5, 0.6) is 17.2 Å². The van der Waals surface area contributed by atoms with Crippen molar-refractivity contribution in [3.63, 3.8) is 0 Å². The summed E-state index contributed by atoms with van der Waals surface area (Å²) in [5, 5.41) is 25.2. The van der Waals surface area contributed by atoms with Crippen molar-refractivity contribution in [1.29, 1.82) is 0 Å². The third-order valence-electron chi connectivity index (χ3n) is 3.81. The highest BCUT2D eigenvalue weighted by molar-refractivity contribution is 6.01. The lowest BCUT2D eigenvalue weighted by atomic mass is 10.1. The molecule has 0 aliphatic rings. The van der Waals surface area contributed by atoms with Crippen molar-refractivity contribution in [3.05, 3.63) is 66.2 Å². The zero-order valence-corrected chi connectivity index (χ0v) is 14.1. The van der Waals surface area contributed by atoms with E-state index in [1.165, 1.54) is 18.2 Å². The van der Waals surface area contributed by atoms with E-state index in [0.717, 1.165) is 10.8 Å². The fourth-order valence-corrected chi connectivity index (χ4v) is 2.47. The summed E-state index contributed by atoms with van der Waals surface area (Å²) in [7, 11) is 0. The number of rotatable bonds is 5. The molecule has 6 heteroatoms. The lowest BCUT2D eigenvalue weighted by Crippen LogP contribution is -2.25. The number of nitrogens with zero attached hydrogens (tertiary/aromatic N) is 1. The quantitative estimate of drug-likeness (QED) is 0.487. The fraction of sp³-hybridized carbons (Fsp3) is 0.100. The second kappa shape index (κ2) is 7.57. The van der Waals surface area contributed by atoms with Crippen LogP contribution in [-0.2, 0) is 4.79 Å². The molecule has 132 valence electrons. The van der Waals surface area contributed by atoms with Gasteiger partial charge in [0, 0.05) is 11.6 Å². The molecule has 0 aromatic heterocycles. The Kier molecular flexibility index (Phi) is 5.03. The maximum Gasteiger partial charge on any atom is 0.277 e. The molecule has 26 heavy (non-hydrogen) atoms. The first kappa shape index (κ1) is 17.3. The molecule has 0 saturated heterocycles. The van der Waals surface area contributed by atoms with Gasteiger partial charge < -0.3 is 14.9 Å². The minimum absolute atomic E-state index is 0.0492. The van der Waals surface area contributed by atoms with Gasteiger partial charge in [-0.05, 0) is 42.0 Å². The second-order valence-corrected chi connectivity index (χ2v) is 5.73. The van der Waals surface area contributed by atoms with Gasteiger partial charge in [0.1, 0.15) is 17.2 Å². The molecule has 1 amide bonds. The molecule has 0 heterocycles. The molecule has 0 saturated carbocycles. The first-order valence-corrected chi connectivity index (χ1v) is 8.00. The smallest absolute Gasteiger partial charge is 0.277 e. The molecule has 0 atom stereocenters. The maximum atomic E-state index is 11.9. The van der Waals surface area contributed by atoms with Crippen LogP contribution in [-0.4, -0.2) is 28.4 Å². The van der Waals surface area contributed by atoms with Crippen molar-refractivity contribution in [3.8, 4) is 17.2 Å². The molecular formula is C20H18N2O4. The number of aromatic hydroxyl groups is 2. The van der Waals surface area contributed by atoms with Crippen molar-refractivity contribution in [2.24, 2.45) is 5.10 Å². The van der Waals surface area contributed by atoms with E-state index in [2.05, 4.69) is 10.5 Å². The highest BCUT2D eigenvalue weighted by Gasteiger charge is 2.07. The molecular weight excluding hydrogens is 332 g/mol. The Bertz CT molecular complexity index is 982. The molecule has 0 aliphatic carbocycles. The highest BCUT2D eigenvalue weighted by atomic mass is 16.5. The predicted octanol–water partition coefficient (Wildman–Crippen LogP) is 3.17. The van der Waals surface area contributed by atoms with Crippen LogP contribution in [0.3, 0.4) is 0 Å². The van der Waals surface area contributed by atoms with Gasteiger partial charge >= 0.3 is 0 Å². The molecule has 3 aromatic rings. The summed E-state index contributed by atoms with van der Waals surface area (Å²) in [5.41, 5.74) is 3.20. The van der Waals surface area contributed by atoms with Crippen molar-refractivity contribution in [2.75, 3.05) is 6.61 Å². The minimum atomic E-state index is -0.421. The van der Waals surface area contributed by atoms with E-state index in [4.69, 9.17) is 4.74 Å². The summed E-state index contributed by atoms with van der Waals surface area (Å²) in [6, 6.07) is 17.6. The van der Waals surface area contributed by atoms with E-state index in [9.17, 15) is 15.0 Å². The number of hydrogen-bond donors (Lipinski definition) is 3. The Morgan fingerprint density at radius 3 is 2.58 bits per heavy atom. The van der Waals surface area contributed by atoms with Gasteiger partial charge in [-0.25, -0.2) is 5.43 Å². The number of hydrazone groups is 1. The second-order valence-electron chi connectivity index (χ2n) is 5.73. The summed E-state index contributed by atoms with van der Waals surface area (Å²) in [4.78, 5) is 11.9. The van der Waals surface area contributed by atoms with E-state index in [0.29, 0.717) is 17.0 Å². The van der Waals surface area contributed by atoms with E-state index >= 15 is 0 Å². The van der Waals surface area contributed by atoms with Crippen LogP contribution in [0.15, 0.2) is 65.8 Å². The van der Waals surface area contributed by atoms with Gasteiger partial charge in [-0.3, -0.25) is 4.79 Å². The first-order valence-electron chi connectivity index (χ1n) is 8.00. The number of phenolic OH excluding ortho intramolecular Hbond substituents is 2. The number of nitrogens with one attached hydrogen (secondary N) is 1. The molecule has 0 fully saturated rings. The van der Waals surface area contributed by atoms with Gasteiger partial charge in [0.2, 0.25) is 0 Å². The third-order valence-corrected chi connectivity index (χ3v) is 3.81. The molecule has 0 radical (unpaired) electrons. The number of ether oxygens (including phenoxy) is 1. The molecule has 3 N–H and O–H groups in total. The fourth-order valence-electron chi connectivity index (χ4n) is 2.47. The lowest BCUT2D eigenvalue weighted by Gasteiger charge is -2.08. The average molecular weight is 350 g/mol. The van der Waals surface area contributed by atoms with E-state index in [-0.39, 0.29) is 18.1 Å². The van der Waals surface area contributed by atoms with Crippen molar-refractivity contribution in [1.82, 2.24) is 5.43 Å². The van der Waals surface area contributed by atoms with E-state index < -0.39 is 5.91 Å². The summed E-state index contributed by atoms with van der Waals surface area (Å²) in [5.74, 6) is 0.00582. The number of benzene rings is 3. The molecule has 0 spiro atoms. The summed E-state index contributed by atoms with van der Waals surface area (Å²) in [6.45, 7) is 1.45. The van der Waals surface area contributed by atoms with E-state index in [1.807, 2.05) is 36.4 Å².